The highest BCUT2D eigenvalue weighted by molar-refractivity contribution is 5.82. The normalized spacial score (nSPS) is 13.1. The minimum Gasteiger partial charge on any atom is -0.352 e. The van der Waals surface area contributed by atoms with Crippen molar-refractivity contribution in [3.8, 4) is 12.3 Å². The molecule has 0 aliphatic heterocycles. The van der Waals surface area contributed by atoms with E-state index in [4.69, 9.17) is 6.42 Å². The zero-order valence-electron chi connectivity index (χ0n) is 9.68. The third-order valence-electron chi connectivity index (χ3n) is 2.69. The minimum absolute atomic E-state index is 0.0992. The van der Waals surface area contributed by atoms with Crippen LogP contribution in [0, 0.1) is 17.8 Å². The van der Waals surface area contributed by atoms with Crippen LogP contribution in [0.4, 0.5) is 0 Å². The van der Waals surface area contributed by atoms with Gasteiger partial charge in [-0.2, -0.15) is 0 Å². The molecule has 0 aliphatic carbocycles. The van der Waals surface area contributed by atoms with E-state index >= 15 is 0 Å². The number of hydrogen-bond acceptors (Lipinski definition) is 1. The number of carbonyl (C=O) groups excluding carboxylic acids is 1. The third-order valence-corrected chi connectivity index (χ3v) is 2.69. The van der Waals surface area contributed by atoms with Gasteiger partial charge in [-0.15, -0.1) is 12.3 Å². The van der Waals surface area contributed by atoms with Crippen molar-refractivity contribution in [2.45, 2.75) is 53.0 Å². The monoisotopic (exact) mass is 195 g/mol. The van der Waals surface area contributed by atoms with Gasteiger partial charge in [-0.05, 0) is 12.8 Å². The molecule has 0 aromatic heterocycles. The van der Waals surface area contributed by atoms with Gasteiger partial charge in [-0.1, -0.05) is 27.7 Å². The molecule has 0 bridgehead atoms. The highest BCUT2D eigenvalue weighted by Gasteiger charge is 2.26. The van der Waals surface area contributed by atoms with Gasteiger partial charge in [-0.3, -0.25) is 4.79 Å². The average molecular weight is 195 g/mol. The van der Waals surface area contributed by atoms with E-state index in [1.807, 2.05) is 27.7 Å². The largest absolute Gasteiger partial charge is 0.352 e. The summed E-state index contributed by atoms with van der Waals surface area (Å²) in [7, 11) is 0. The van der Waals surface area contributed by atoms with Crippen LogP contribution >= 0.6 is 0 Å². The number of nitrogens with one attached hydrogen (secondary N) is 1. The molecule has 0 saturated carbocycles. The molecular weight excluding hydrogens is 174 g/mol. The van der Waals surface area contributed by atoms with E-state index in [1.165, 1.54) is 0 Å². The molecule has 0 saturated heterocycles. The second kappa shape index (κ2) is 5.70. The fourth-order valence-electron chi connectivity index (χ4n) is 0.981. The Morgan fingerprint density at radius 1 is 1.50 bits per heavy atom. The minimum atomic E-state index is -0.290. The molecule has 0 heterocycles. The Morgan fingerprint density at radius 3 is 2.43 bits per heavy atom. The molecule has 14 heavy (non-hydrogen) atoms. The molecule has 80 valence electrons. The Bertz CT molecular complexity index is 225. The van der Waals surface area contributed by atoms with Crippen molar-refractivity contribution in [2.24, 2.45) is 5.41 Å². The standard InChI is InChI=1S/C12H21NO/c1-6-9-10(7-2)13-11(14)12(4,5)8-3/h1,10H,7-9H2,2-5H3,(H,13,14). The Labute approximate surface area is 87.5 Å². The van der Waals surface area contributed by atoms with Crippen molar-refractivity contribution in [3.63, 3.8) is 0 Å². The van der Waals surface area contributed by atoms with E-state index in [-0.39, 0.29) is 17.4 Å². The quantitative estimate of drug-likeness (QED) is 0.670. The molecule has 0 aromatic carbocycles. The first kappa shape index (κ1) is 13.0. The Balaban J connectivity index is 4.23. The van der Waals surface area contributed by atoms with Gasteiger partial charge in [0.05, 0.1) is 0 Å². The summed E-state index contributed by atoms with van der Waals surface area (Å²) in [6.07, 6.45) is 7.56. The summed E-state index contributed by atoms with van der Waals surface area (Å²) < 4.78 is 0. The van der Waals surface area contributed by atoms with Crippen LogP contribution in [0.25, 0.3) is 0 Å². The lowest BCUT2D eigenvalue weighted by Crippen LogP contribution is -2.42. The molecule has 0 spiro atoms. The van der Waals surface area contributed by atoms with Gasteiger partial charge in [0.2, 0.25) is 5.91 Å². The van der Waals surface area contributed by atoms with Gasteiger partial charge in [-0.25, -0.2) is 0 Å². The Morgan fingerprint density at radius 2 is 2.07 bits per heavy atom. The molecule has 0 radical (unpaired) electrons. The van der Waals surface area contributed by atoms with Gasteiger partial charge in [0.15, 0.2) is 0 Å². The lowest BCUT2D eigenvalue weighted by molar-refractivity contribution is -0.130. The Kier molecular flexibility index (Phi) is 5.30. The Hall–Kier alpha value is -0.970. The summed E-state index contributed by atoms with van der Waals surface area (Å²) in [5.41, 5.74) is -0.290. The highest BCUT2D eigenvalue weighted by atomic mass is 16.2. The number of amides is 1. The zero-order valence-corrected chi connectivity index (χ0v) is 9.68. The van der Waals surface area contributed by atoms with Crippen molar-refractivity contribution in [1.29, 1.82) is 0 Å². The van der Waals surface area contributed by atoms with Crippen LogP contribution in [0.3, 0.4) is 0 Å². The SMILES string of the molecule is C#CCC(CC)NC(=O)C(C)(C)CC. The molecule has 2 nitrogen and oxygen atoms in total. The maximum atomic E-state index is 11.8. The van der Waals surface area contributed by atoms with Crippen molar-refractivity contribution >= 4 is 5.91 Å². The average Bonchev–Trinajstić information content (AvgIpc) is 2.16. The number of carbonyl (C=O) groups is 1. The first-order valence-corrected chi connectivity index (χ1v) is 5.22. The van der Waals surface area contributed by atoms with Crippen LogP contribution in [-0.4, -0.2) is 11.9 Å². The van der Waals surface area contributed by atoms with Crippen molar-refractivity contribution in [3.05, 3.63) is 0 Å². The molecular formula is C12H21NO. The fourth-order valence-corrected chi connectivity index (χ4v) is 0.981. The third kappa shape index (κ3) is 3.83. The van der Waals surface area contributed by atoms with Crippen LogP contribution in [0.1, 0.15) is 47.0 Å². The van der Waals surface area contributed by atoms with Crippen LogP contribution in [0.5, 0.6) is 0 Å². The summed E-state index contributed by atoms with van der Waals surface area (Å²) in [6.45, 7) is 7.94. The number of hydrogen-bond donors (Lipinski definition) is 1. The molecule has 1 N–H and O–H groups in total. The maximum absolute atomic E-state index is 11.8. The highest BCUT2D eigenvalue weighted by Crippen LogP contribution is 2.20. The van der Waals surface area contributed by atoms with Gasteiger partial charge in [0.1, 0.15) is 0 Å². The molecule has 1 amide bonds. The first-order valence-electron chi connectivity index (χ1n) is 5.22. The maximum Gasteiger partial charge on any atom is 0.225 e. The van der Waals surface area contributed by atoms with Gasteiger partial charge >= 0.3 is 0 Å². The van der Waals surface area contributed by atoms with Gasteiger partial charge in [0.25, 0.3) is 0 Å². The molecule has 1 unspecified atom stereocenters. The number of rotatable bonds is 5. The summed E-state index contributed by atoms with van der Waals surface area (Å²) in [5, 5.41) is 2.98. The van der Waals surface area contributed by atoms with Crippen molar-refractivity contribution in [1.82, 2.24) is 5.32 Å². The van der Waals surface area contributed by atoms with Crippen molar-refractivity contribution < 1.29 is 4.79 Å². The lowest BCUT2D eigenvalue weighted by Gasteiger charge is -2.24. The first-order chi connectivity index (χ1) is 6.47. The fraction of sp³-hybridized carbons (Fsp3) is 0.750. The molecule has 1 atom stereocenters. The zero-order chi connectivity index (χ0) is 11.2. The van der Waals surface area contributed by atoms with E-state index < -0.39 is 0 Å². The molecule has 0 aromatic rings. The summed E-state index contributed by atoms with van der Waals surface area (Å²) in [5.74, 6) is 2.68. The van der Waals surface area contributed by atoms with Crippen LogP contribution < -0.4 is 5.32 Å². The van der Waals surface area contributed by atoms with Gasteiger partial charge in [0, 0.05) is 17.9 Å². The van der Waals surface area contributed by atoms with Crippen molar-refractivity contribution in [2.75, 3.05) is 0 Å². The summed E-state index contributed by atoms with van der Waals surface area (Å²) >= 11 is 0. The second-order valence-electron chi connectivity index (χ2n) is 4.22. The van der Waals surface area contributed by atoms with Crippen LogP contribution in [-0.2, 0) is 4.79 Å². The van der Waals surface area contributed by atoms with E-state index in [2.05, 4.69) is 11.2 Å². The topological polar surface area (TPSA) is 29.1 Å². The van der Waals surface area contributed by atoms with E-state index in [9.17, 15) is 4.79 Å². The predicted octanol–water partition coefficient (Wildman–Crippen LogP) is 2.34. The second-order valence-corrected chi connectivity index (χ2v) is 4.22. The molecule has 2 heteroatoms. The lowest BCUT2D eigenvalue weighted by atomic mass is 9.89. The van der Waals surface area contributed by atoms with Crippen LogP contribution in [0.15, 0.2) is 0 Å². The summed E-state index contributed by atoms with van der Waals surface area (Å²) in [6, 6.07) is 0.123. The van der Waals surface area contributed by atoms with Crippen LogP contribution in [0.2, 0.25) is 0 Å². The van der Waals surface area contributed by atoms with Gasteiger partial charge < -0.3 is 5.32 Å². The number of terminal acetylenes is 1. The molecule has 0 fully saturated rings. The van der Waals surface area contributed by atoms with E-state index in [0.717, 1.165) is 12.8 Å². The van der Waals surface area contributed by atoms with E-state index in [1.54, 1.807) is 0 Å². The molecule has 0 rings (SSSR count). The summed E-state index contributed by atoms with van der Waals surface area (Å²) in [4.78, 5) is 11.8. The smallest absolute Gasteiger partial charge is 0.225 e. The molecule has 0 aliphatic rings. The predicted molar refractivity (Wildman–Crippen MR) is 59.7 cm³/mol. The van der Waals surface area contributed by atoms with E-state index in [0.29, 0.717) is 6.42 Å².